The monoisotopic (exact) mass is 227 g/mol. The molecule has 0 fully saturated rings. The molecule has 1 aromatic rings. The Bertz CT molecular complexity index is 469. The van der Waals surface area contributed by atoms with Crippen LogP contribution in [0.2, 0.25) is 0 Å². The molecule has 0 bridgehead atoms. The van der Waals surface area contributed by atoms with Crippen molar-refractivity contribution < 1.29 is 0 Å². The minimum atomic E-state index is 0.0727. The van der Waals surface area contributed by atoms with Gasteiger partial charge in [0.05, 0.1) is 0 Å². The van der Waals surface area contributed by atoms with Gasteiger partial charge in [0, 0.05) is 30.3 Å². The van der Waals surface area contributed by atoms with Crippen LogP contribution in [0, 0.1) is 17.3 Å². The first-order valence-electron chi connectivity index (χ1n) is 6.33. The second kappa shape index (κ2) is 4.45. The number of nitrogens with zero attached hydrogens (tertiary/aromatic N) is 1. The number of hydrogen-bond acceptors (Lipinski definition) is 1. The second-order valence-corrected chi connectivity index (χ2v) is 5.83. The molecule has 0 saturated heterocycles. The Morgan fingerprint density at radius 3 is 2.71 bits per heavy atom. The summed E-state index contributed by atoms with van der Waals surface area (Å²) in [6, 6.07) is 6.47. The van der Waals surface area contributed by atoms with E-state index in [0.29, 0.717) is 0 Å². The van der Waals surface area contributed by atoms with Crippen LogP contribution in [0.25, 0.3) is 0 Å². The number of anilines is 1. The van der Waals surface area contributed by atoms with E-state index in [-0.39, 0.29) is 5.41 Å². The molecule has 1 nitrogen and oxygen atoms in total. The van der Waals surface area contributed by atoms with E-state index >= 15 is 0 Å². The molecule has 1 aliphatic heterocycles. The summed E-state index contributed by atoms with van der Waals surface area (Å²) in [6.07, 6.45) is 2.40. The Labute approximate surface area is 105 Å². The van der Waals surface area contributed by atoms with Crippen molar-refractivity contribution in [3.05, 3.63) is 29.3 Å². The zero-order chi connectivity index (χ0) is 12.5. The topological polar surface area (TPSA) is 3.24 Å². The third-order valence-corrected chi connectivity index (χ3v) is 3.06. The van der Waals surface area contributed by atoms with Crippen molar-refractivity contribution in [3.63, 3.8) is 0 Å². The van der Waals surface area contributed by atoms with Crippen LogP contribution in [0.15, 0.2) is 18.2 Å². The highest BCUT2D eigenvalue weighted by molar-refractivity contribution is 5.61. The van der Waals surface area contributed by atoms with Crippen molar-refractivity contribution in [1.29, 1.82) is 0 Å². The lowest BCUT2D eigenvalue weighted by Gasteiger charge is -2.28. The smallest absolute Gasteiger partial charge is 0.0408 e. The molecule has 1 heteroatoms. The van der Waals surface area contributed by atoms with Crippen molar-refractivity contribution in [3.8, 4) is 11.8 Å². The molecule has 0 aromatic heterocycles. The summed E-state index contributed by atoms with van der Waals surface area (Å²) in [5.41, 5.74) is 4.07. The van der Waals surface area contributed by atoms with Crippen molar-refractivity contribution in [2.24, 2.45) is 5.41 Å². The zero-order valence-electron chi connectivity index (χ0n) is 11.3. The molecule has 0 saturated carbocycles. The Hall–Kier alpha value is -1.42. The summed E-state index contributed by atoms with van der Waals surface area (Å²) < 4.78 is 0. The van der Waals surface area contributed by atoms with E-state index in [9.17, 15) is 0 Å². The van der Waals surface area contributed by atoms with E-state index in [1.807, 2.05) is 0 Å². The van der Waals surface area contributed by atoms with Crippen LogP contribution in [0.4, 0.5) is 5.69 Å². The van der Waals surface area contributed by atoms with Crippen LogP contribution >= 0.6 is 0 Å². The lowest BCUT2D eigenvalue weighted by atomic mass is 9.94. The fourth-order valence-electron chi connectivity index (χ4n) is 2.18. The van der Waals surface area contributed by atoms with Crippen molar-refractivity contribution in [1.82, 2.24) is 0 Å². The predicted molar refractivity (Wildman–Crippen MR) is 74.4 cm³/mol. The van der Waals surface area contributed by atoms with Crippen LogP contribution in [0.5, 0.6) is 0 Å². The molecule has 0 amide bonds. The first-order valence-corrected chi connectivity index (χ1v) is 6.33. The maximum absolute atomic E-state index is 3.36. The molecule has 90 valence electrons. The summed E-state index contributed by atoms with van der Waals surface area (Å²) >= 11 is 0. The summed E-state index contributed by atoms with van der Waals surface area (Å²) in [7, 11) is 2.17. The van der Waals surface area contributed by atoms with Gasteiger partial charge in [-0.2, -0.15) is 0 Å². The molecule has 1 aliphatic rings. The summed E-state index contributed by atoms with van der Waals surface area (Å²) in [4.78, 5) is 2.33. The Morgan fingerprint density at radius 2 is 2.00 bits per heavy atom. The van der Waals surface area contributed by atoms with E-state index in [2.05, 4.69) is 62.8 Å². The van der Waals surface area contributed by atoms with Gasteiger partial charge in [-0.25, -0.2) is 0 Å². The van der Waals surface area contributed by atoms with Crippen LogP contribution in [0.3, 0.4) is 0 Å². The van der Waals surface area contributed by atoms with Gasteiger partial charge < -0.3 is 4.90 Å². The Balaban J connectivity index is 2.42. The molecule has 0 N–H and O–H groups in total. The first kappa shape index (κ1) is 12.0. The quantitative estimate of drug-likeness (QED) is 0.613. The molecule has 0 atom stereocenters. The maximum Gasteiger partial charge on any atom is 0.0408 e. The molecule has 2 rings (SSSR count). The highest BCUT2D eigenvalue weighted by Crippen LogP contribution is 2.28. The summed E-state index contributed by atoms with van der Waals surface area (Å²) in [6.45, 7) is 7.62. The van der Waals surface area contributed by atoms with Crippen LogP contribution < -0.4 is 4.90 Å². The van der Waals surface area contributed by atoms with Crippen LogP contribution in [-0.2, 0) is 6.42 Å². The normalized spacial score (nSPS) is 14.9. The first-order chi connectivity index (χ1) is 7.97. The number of fused-ring (bicyclic) bond motifs is 1. The van der Waals surface area contributed by atoms with Crippen molar-refractivity contribution in [2.45, 2.75) is 33.6 Å². The molecule has 1 aromatic carbocycles. The molecular formula is C16H21N. The molecule has 0 aliphatic carbocycles. The maximum atomic E-state index is 3.36. The minimum absolute atomic E-state index is 0.0727. The third kappa shape index (κ3) is 2.82. The molecule has 0 radical (unpaired) electrons. The van der Waals surface area contributed by atoms with Gasteiger partial charge in [0.15, 0.2) is 0 Å². The van der Waals surface area contributed by atoms with Crippen molar-refractivity contribution in [2.75, 3.05) is 18.5 Å². The van der Waals surface area contributed by atoms with Crippen LogP contribution in [0.1, 0.15) is 38.3 Å². The lowest BCUT2D eigenvalue weighted by Crippen LogP contribution is -2.25. The minimum Gasteiger partial charge on any atom is -0.374 e. The van der Waals surface area contributed by atoms with Crippen LogP contribution in [-0.4, -0.2) is 13.6 Å². The zero-order valence-corrected chi connectivity index (χ0v) is 11.3. The van der Waals surface area contributed by atoms with Gasteiger partial charge in [-0.3, -0.25) is 0 Å². The van der Waals surface area contributed by atoms with Gasteiger partial charge in [0.1, 0.15) is 0 Å². The Kier molecular flexibility index (Phi) is 3.15. The van der Waals surface area contributed by atoms with E-state index in [0.717, 1.165) is 13.0 Å². The van der Waals surface area contributed by atoms with E-state index in [1.54, 1.807) is 0 Å². The number of hydrogen-bond donors (Lipinski definition) is 0. The fraction of sp³-hybridized carbons (Fsp3) is 0.500. The molecule has 0 spiro atoms. The van der Waals surface area contributed by atoms with E-state index in [1.165, 1.54) is 23.2 Å². The van der Waals surface area contributed by atoms with Gasteiger partial charge in [0.25, 0.3) is 0 Å². The average molecular weight is 227 g/mol. The van der Waals surface area contributed by atoms with Gasteiger partial charge in [-0.1, -0.05) is 17.9 Å². The molecular weight excluding hydrogens is 206 g/mol. The highest BCUT2D eigenvalue weighted by Gasteiger charge is 2.15. The van der Waals surface area contributed by atoms with Gasteiger partial charge in [-0.05, 0) is 51.3 Å². The summed E-state index contributed by atoms with van der Waals surface area (Å²) in [5.74, 6) is 6.69. The molecule has 17 heavy (non-hydrogen) atoms. The SMILES string of the molecule is CN1CCCc2c(C#CC(C)(C)C)cccc21. The van der Waals surface area contributed by atoms with E-state index in [4.69, 9.17) is 0 Å². The van der Waals surface area contributed by atoms with Gasteiger partial charge in [0.2, 0.25) is 0 Å². The standard InChI is InChI=1S/C16H21N/c1-16(2,3)11-10-13-7-5-9-15-14(13)8-6-12-17(15)4/h5,7,9H,6,8,12H2,1-4H3. The number of benzene rings is 1. The van der Waals surface area contributed by atoms with Crippen molar-refractivity contribution >= 4 is 5.69 Å². The van der Waals surface area contributed by atoms with Gasteiger partial charge in [-0.15, -0.1) is 0 Å². The molecule has 0 unspecified atom stereocenters. The summed E-state index contributed by atoms with van der Waals surface area (Å²) in [5, 5.41) is 0. The van der Waals surface area contributed by atoms with E-state index < -0.39 is 0 Å². The average Bonchev–Trinajstić information content (AvgIpc) is 2.26. The molecule has 1 heterocycles. The van der Waals surface area contributed by atoms with Gasteiger partial charge >= 0.3 is 0 Å². The second-order valence-electron chi connectivity index (χ2n) is 5.83. The number of rotatable bonds is 0. The lowest BCUT2D eigenvalue weighted by molar-refractivity contribution is 0.571. The fourth-order valence-corrected chi connectivity index (χ4v) is 2.18. The predicted octanol–water partition coefficient (Wildman–Crippen LogP) is 3.47. The Morgan fingerprint density at radius 1 is 1.24 bits per heavy atom. The highest BCUT2D eigenvalue weighted by atomic mass is 15.1. The third-order valence-electron chi connectivity index (χ3n) is 3.06. The largest absolute Gasteiger partial charge is 0.374 e.